The Morgan fingerprint density at radius 3 is 2.93 bits per heavy atom. The third-order valence-electron chi connectivity index (χ3n) is 2.00. The molecule has 0 spiro atoms. The Kier molecular flexibility index (Phi) is 2.03. The lowest BCUT2D eigenvalue weighted by atomic mass is 10.2. The molecular formula is C9H7BrN2O2. The highest BCUT2D eigenvalue weighted by molar-refractivity contribution is 9.10. The average molecular weight is 255 g/mol. The van der Waals surface area contributed by atoms with Crippen molar-refractivity contribution < 1.29 is 9.90 Å². The fourth-order valence-electron chi connectivity index (χ4n) is 1.42. The third kappa shape index (κ3) is 1.21. The van der Waals surface area contributed by atoms with Crippen LogP contribution in [0.1, 0.15) is 16.1 Å². The number of carboxylic acids is 1. The summed E-state index contributed by atoms with van der Waals surface area (Å²) in [6, 6.07) is 5.33. The Hall–Kier alpha value is -1.36. The van der Waals surface area contributed by atoms with Gasteiger partial charge in [-0.05, 0) is 35.0 Å². The summed E-state index contributed by atoms with van der Waals surface area (Å²) in [5, 5.41) is 13.1. The monoisotopic (exact) mass is 254 g/mol. The molecule has 0 aliphatic heterocycles. The molecule has 2 rings (SSSR count). The van der Waals surface area contributed by atoms with Crippen LogP contribution in [0.15, 0.2) is 22.8 Å². The maximum atomic E-state index is 10.9. The molecular weight excluding hydrogens is 248 g/mol. The van der Waals surface area contributed by atoms with Crippen LogP contribution in [-0.4, -0.2) is 20.7 Å². The molecule has 0 atom stereocenters. The van der Waals surface area contributed by atoms with Crippen LogP contribution >= 0.6 is 15.9 Å². The molecule has 72 valence electrons. The molecule has 0 unspecified atom stereocenters. The van der Waals surface area contributed by atoms with E-state index in [0.717, 1.165) is 4.60 Å². The van der Waals surface area contributed by atoms with Gasteiger partial charge in [0.05, 0.1) is 11.2 Å². The summed E-state index contributed by atoms with van der Waals surface area (Å²) in [5.74, 6) is -0.949. The second kappa shape index (κ2) is 3.09. The second-order valence-corrected chi connectivity index (χ2v) is 3.72. The Morgan fingerprint density at radius 2 is 2.29 bits per heavy atom. The van der Waals surface area contributed by atoms with Gasteiger partial charge >= 0.3 is 5.97 Å². The van der Waals surface area contributed by atoms with E-state index in [-0.39, 0.29) is 5.56 Å². The average Bonchev–Trinajstić information content (AvgIpc) is 2.42. The number of carboxylic acid groups (broad SMARTS) is 1. The molecule has 4 nitrogen and oxygen atoms in total. The normalized spacial score (nSPS) is 10.7. The van der Waals surface area contributed by atoms with Gasteiger partial charge in [-0.2, -0.15) is 5.10 Å². The van der Waals surface area contributed by atoms with Crippen LogP contribution in [0.4, 0.5) is 0 Å². The van der Waals surface area contributed by atoms with Crippen molar-refractivity contribution >= 4 is 27.4 Å². The minimum atomic E-state index is -0.949. The van der Waals surface area contributed by atoms with Crippen LogP contribution in [0.5, 0.6) is 0 Å². The number of nitrogens with zero attached hydrogens (tertiary/aromatic N) is 2. The van der Waals surface area contributed by atoms with Gasteiger partial charge in [-0.3, -0.25) is 0 Å². The number of fused-ring (bicyclic) bond motifs is 1. The fourth-order valence-corrected chi connectivity index (χ4v) is 1.84. The van der Waals surface area contributed by atoms with Crippen molar-refractivity contribution in [1.29, 1.82) is 0 Å². The summed E-state index contributed by atoms with van der Waals surface area (Å²) in [4.78, 5) is 10.9. The molecule has 0 aliphatic carbocycles. The number of hydrogen-bond donors (Lipinski definition) is 1. The molecule has 0 fully saturated rings. The van der Waals surface area contributed by atoms with Gasteiger partial charge < -0.3 is 5.11 Å². The van der Waals surface area contributed by atoms with E-state index in [1.54, 1.807) is 23.6 Å². The first-order valence-corrected chi connectivity index (χ1v) is 4.77. The van der Waals surface area contributed by atoms with E-state index >= 15 is 0 Å². The van der Waals surface area contributed by atoms with E-state index in [1.807, 2.05) is 6.07 Å². The number of halogens is 1. The lowest BCUT2D eigenvalue weighted by molar-refractivity contribution is 0.0698. The van der Waals surface area contributed by atoms with Crippen molar-refractivity contribution in [2.75, 3.05) is 0 Å². The second-order valence-electron chi connectivity index (χ2n) is 2.91. The lowest BCUT2D eigenvalue weighted by Gasteiger charge is -1.95. The number of carbonyl (C=O) groups is 1. The Balaban J connectivity index is 2.90. The number of hydrogen-bond acceptors (Lipinski definition) is 2. The quantitative estimate of drug-likeness (QED) is 0.794. The van der Waals surface area contributed by atoms with Crippen molar-refractivity contribution in [3.05, 3.63) is 34.1 Å². The molecule has 0 bridgehead atoms. The summed E-state index contributed by atoms with van der Waals surface area (Å²) < 4.78 is 2.31. The van der Waals surface area contributed by atoms with E-state index in [1.165, 1.54) is 0 Å². The van der Waals surface area contributed by atoms with Crippen LogP contribution in [0.3, 0.4) is 0 Å². The maximum Gasteiger partial charge on any atom is 0.339 e. The maximum absolute atomic E-state index is 10.9. The van der Waals surface area contributed by atoms with E-state index < -0.39 is 5.97 Å². The Morgan fingerprint density at radius 1 is 1.57 bits per heavy atom. The van der Waals surface area contributed by atoms with Crippen molar-refractivity contribution in [2.24, 2.45) is 0 Å². The molecule has 2 aromatic rings. The first kappa shape index (κ1) is 9.21. The van der Waals surface area contributed by atoms with Gasteiger partial charge in [0.15, 0.2) is 0 Å². The molecule has 14 heavy (non-hydrogen) atoms. The van der Waals surface area contributed by atoms with Gasteiger partial charge in [0, 0.05) is 0 Å². The van der Waals surface area contributed by atoms with Gasteiger partial charge in [-0.15, -0.1) is 0 Å². The molecule has 0 saturated carbocycles. The molecule has 0 radical (unpaired) electrons. The molecule has 2 heterocycles. The van der Waals surface area contributed by atoms with E-state index in [9.17, 15) is 4.79 Å². The predicted octanol–water partition coefficient (Wildman–Crippen LogP) is 2.10. The number of aromatic carboxylic acids is 1. The van der Waals surface area contributed by atoms with Gasteiger partial charge in [0.2, 0.25) is 0 Å². The van der Waals surface area contributed by atoms with E-state index in [2.05, 4.69) is 21.0 Å². The zero-order chi connectivity index (χ0) is 10.3. The number of aromatic nitrogens is 2. The molecule has 0 amide bonds. The third-order valence-corrected chi connectivity index (χ3v) is 2.60. The van der Waals surface area contributed by atoms with Crippen molar-refractivity contribution in [3.63, 3.8) is 0 Å². The van der Waals surface area contributed by atoms with Gasteiger partial charge in [0.25, 0.3) is 0 Å². The Labute approximate surface area is 88.3 Å². The van der Waals surface area contributed by atoms with Crippen LogP contribution in [-0.2, 0) is 0 Å². The SMILES string of the molecule is Cc1nn2c(Br)cccc2c1C(=O)O. The van der Waals surface area contributed by atoms with Gasteiger partial charge in [-0.25, -0.2) is 9.31 Å². The van der Waals surface area contributed by atoms with Crippen LogP contribution in [0.2, 0.25) is 0 Å². The molecule has 0 aromatic carbocycles. The summed E-state index contributed by atoms with van der Waals surface area (Å²) >= 11 is 3.30. The highest BCUT2D eigenvalue weighted by Gasteiger charge is 2.16. The molecule has 5 heteroatoms. The van der Waals surface area contributed by atoms with E-state index in [0.29, 0.717) is 11.2 Å². The molecule has 0 saturated heterocycles. The Bertz CT molecular complexity index is 519. The van der Waals surface area contributed by atoms with Crippen LogP contribution in [0, 0.1) is 6.92 Å². The van der Waals surface area contributed by atoms with E-state index in [4.69, 9.17) is 5.11 Å². The highest BCUT2D eigenvalue weighted by Crippen LogP contribution is 2.19. The van der Waals surface area contributed by atoms with Gasteiger partial charge in [-0.1, -0.05) is 6.07 Å². The van der Waals surface area contributed by atoms with Gasteiger partial charge in [0.1, 0.15) is 10.2 Å². The highest BCUT2D eigenvalue weighted by atomic mass is 79.9. The number of rotatable bonds is 1. The first-order valence-electron chi connectivity index (χ1n) is 3.98. The zero-order valence-corrected chi connectivity index (χ0v) is 8.95. The number of pyridine rings is 1. The zero-order valence-electron chi connectivity index (χ0n) is 7.36. The summed E-state index contributed by atoms with van der Waals surface area (Å²) in [7, 11) is 0. The van der Waals surface area contributed by atoms with Crippen LogP contribution < -0.4 is 0 Å². The number of aryl methyl sites for hydroxylation is 1. The lowest BCUT2D eigenvalue weighted by Crippen LogP contribution is -1.97. The largest absolute Gasteiger partial charge is 0.478 e. The predicted molar refractivity (Wildman–Crippen MR) is 54.6 cm³/mol. The minimum Gasteiger partial charge on any atom is -0.478 e. The summed E-state index contributed by atoms with van der Waals surface area (Å²) in [6.45, 7) is 1.68. The van der Waals surface area contributed by atoms with Crippen molar-refractivity contribution in [3.8, 4) is 0 Å². The smallest absolute Gasteiger partial charge is 0.339 e. The first-order chi connectivity index (χ1) is 6.61. The molecule has 1 N–H and O–H groups in total. The fraction of sp³-hybridized carbons (Fsp3) is 0.111. The minimum absolute atomic E-state index is 0.256. The summed E-state index contributed by atoms with van der Waals surface area (Å²) in [5.41, 5.74) is 1.38. The van der Waals surface area contributed by atoms with Crippen LogP contribution in [0.25, 0.3) is 5.52 Å². The van der Waals surface area contributed by atoms with Crippen molar-refractivity contribution in [1.82, 2.24) is 9.61 Å². The molecule has 0 aliphatic rings. The van der Waals surface area contributed by atoms with Crippen molar-refractivity contribution in [2.45, 2.75) is 6.92 Å². The standard InChI is InChI=1S/C9H7BrN2O2/c1-5-8(9(13)14)6-3-2-4-7(10)12(6)11-5/h2-4H,1H3,(H,13,14). The molecule has 2 aromatic heterocycles. The topological polar surface area (TPSA) is 54.6 Å². The summed E-state index contributed by atoms with van der Waals surface area (Å²) in [6.07, 6.45) is 0.